The molecule has 0 aromatic heterocycles. The van der Waals surface area contributed by atoms with Crippen LogP contribution in [-0.4, -0.2) is 48.4 Å². The number of halogens is 2. The van der Waals surface area contributed by atoms with E-state index >= 15 is 0 Å². The summed E-state index contributed by atoms with van der Waals surface area (Å²) in [5.41, 5.74) is 0.486. The molecule has 1 aromatic carbocycles. The van der Waals surface area contributed by atoms with Crippen molar-refractivity contribution >= 4 is 29.1 Å². The van der Waals surface area contributed by atoms with E-state index in [1.165, 1.54) is 0 Å². The first-order valence-electron chi connectivity index (χ1n) is 6.98. The lowest BCUT2D eigenvalue weighted by molar-refractivity contribution is 0.0647. The monoisotopic (exact) mass is 314 g/mol. The molecule has 1 aliphatic rings. The molecular formula is C15H20Cl2N2O. The minimum atomic E-state index is -0.0487. The number of piperidine rings is 1. The van der Waals surface area contributed by atoms with Gasteiger partial charge in [-0.25, -0.2) is 0 Å². The molecule has 0 N–H and O–H groups in total. The summed E-state index contributed by atoms with van der Waals surface area (Å²) in [6, 6.07) is 5.46. The van der Waals surface area contributed by atoms with Crippen LogP contribution in [0.25, 0.3) is 0 Å². The highest BCUT2D eigenvalue weighted by molar-refractivity contribution is 6.43. The van der Waals surface area contributed by atoms with Gasteiger partial charge in [-0.3, -0.25) is 4.79 Å². The minimum Gasteiger partial charge on any atom is -0.339 e. The number of amides is 1. The predicted molar refractivity (Wildman–Crippen MR) is 83.7 cm³/mol. The van der Waals surface area contributed by atoms with Crippen molar-refractivity contribution in [3.63, 3.8) is 0 Å². The Bertz CT molecular complexity index is 485. The van der Waals surface area contributed by atoms with Crippen LogP contribution in [0.2, 0.25) is 10.0 Å². The van der Waals surface area contributed by atoms with Crippen LogP contribution in [0, 0.1) is 0 Å². The third kappa shape index (κ3) is 3.27. The Balaban J connectivity index is 2.07. The lowest BCUT2D eigenvalue weighted by Crippen LogP contribution is -2.45. The van der Waals surface area contributed by atoms with E-state index in [4.69, 9.17) is 23.2 Å². The van der Waals surface area contributed by atoms with E-state index in [0.29, 0.717) is 15.6 Å². The number of likely N-dealkylation sites (tertiary alicyclic amines) is 1. The van der Waals surface area contributed by atoms with Gasteiger partial charge in [0.25, 0.3) is 5.91 Å². The van der Waals surface area contributed by atoms with Gasteiger partial charge in [0.05, 0.1) is 15.6 Å². The molecule has 0 saturated carbocycles. The topological polar surface area (TPSA) is 23.6 Å². The average Bonchev–Trinajstić information content (AvgIpc) is 2.48. The molecule has 0 bridgehead atoms. The third-order valence-electron chi connectivity index (χ3n) is 4.05. The zero-order valence-electron chi connectivity index (χ0n) is 11.9. The number of carbonyl (C=O) groups is 1. The summed E-state index contributed by atoms with van der Waals surface area (Å²) in [5.74, 6) is -0.0487. The van der Waals surface area contributed by atoms with Crippen LogP contribution >= 0.6 is 23.2 Å². The molecular weight excluding hydrogens is 295 g/mol. The zero-order valence-corrected chi connectivity index (χ0v) is 13.4. The van der Waals surface area contributed by atoms with E-state index in [1.54, 1.807) is 18.2 Å². The summed E-state index contributed by atoms with van der Waals surface area (Å²) in [6.45, 7) is 5.33. The second kappa shape index (κ2) is 6.79. The number of hydrogen-bond donors (Lipinski definition) is 0. The maximum atomic E-state index is 12.5. The molecule has 110 valence electrons. The number of hydrogen-bond acceptors (Lipinski definition) is 2. The predicted octanol–water partition coefficient (Wildman–Crippen LogP) is 3.55. The van der Waals surface area contributed by atoms with Gasteiger partial charge < -0.3 is 9.80 Å². The first kappa shape index (κ1) is 15.6. The van der Waals surface area contributed by atoms with Gasteiger partial charge in [0, 0.05) is 26.2 Å². The van der Waals surface area contributed by atoms with Gasteiger partial charge in [0.1, 0.15) is 0 Å². The van der Waals surface area contributed by atoms with Crippen LogP contribution in [0.4, 0.5) is 0 Å². The average molecular weight is 315 g/mol. The lowest BCUT2D eigenvalue weighted by Gasteiger charge is -2.36. The Hall–Kier alpha value is -0.770. The van der Waals surface area contributed by atoms with Gasteiger partial charge in [-0.1, -0.05) is 36.2 Å². The van der Waals surface area contributed by atoms with E-state index < -0.39 is 0 Å². The Morgan fingerprint density at radius 2 is 2.00 bits per heavy atom. The van der Waals surface area contributed by atoms with Crippen molar-refractivity contribution in [1.29, 1.82) is 0 Å². The summed E-state index contributed by atoms with van der Waals surface area (Å²) in [7, 11) is 1.85. The van der Waals surface area contributed by atoms with Gasteiger partial charge in [0.2, 0.25) is 0 Å². The van der Waals surface area contributed by atoms with Crippen LogP contribution in [0.5, 0.6) is 0 Å². The highest BCUT2D eigenvalue weighted by Gasteiger charge is 2.26. The van der Waals surface area contributed by atoms with Crippen molar-refractivity contribution in [3.05, 3.63) is 33.8 Å². The molecule has 5 heteroatoms. The van der Waals surface area contributed by atoms with E-state index in [1.807, 2.05) is 11.9 Å². The van der Waals surface area contributed by atoms with Gasteiger partial charge in [-0.15, -0.1) is 0 Å². The van der Waals surface area contributed by atoms with Crippen LogP contribution in [0.1, 0.15) is 30.1 Å². The van der Waals surface area contributed by atoms with Crippen LogP contribution in [0.3, 0.4) is 0 Å². The zero-order chi connectivity index (χ0) is 14.7. The molecule has 20 heavy (non-hydrogen) atoms. The van der Waals surface area contributed by atoms with Crippen LogP contribution < -0.4 is 0 Å². The summed E-state index contributed by atoms with van der Waals surface area (Å²) < 4.78 is 0. The maximum Gasteiger partial charge on any atom is 0.255 e. The fourth-order valence-corrected chi connectivity index (χ4v) is 3.03. The molecule has 1 aromatic rings. The standard InChI is InChI=1S/C15H20Cl2N2O/c1-3-19-9-7-11(8-10-19)18(2)15(20)12-5-4-6-13(16)14(12)17/h4-6,11H,3,7-10H2,1-2H3. The van der Waals surface area contributed by atoms with Gasteiger partial charge >= 0.3 is 0 Å². The smallest absolute Gasteiger partial charge is 0.255 e. The number of rotatable bonds is 3. The largest absolute Gasteiger partial charge is 0.339 e. The Labute approximate surface area is 130 Å². The van der Waals surface area contributed by atoms with Crippen molar-refractivity contribution in [3.8, 4) is 0 Å². The molecule has 1 amide bonds. The molecule has 1 fully saturated rings. The Kier molecular flexibility index (Phi) is 5.30. The van der Waals surface area contributed by atoms with Crippen molar-refractivity contribution in [1.82, 2.24) is 9.80 Å². The first-order chi connectivity index (χ1) is 9.54. The van der Waals surface area contributed by atoms with Gasteiger partial charge in [-0.05, 0) is 31.5 Å². The maximum absolute atomic E-state index is 12.5. The van der Waals surface area contributed by atoms with E-state index in [2.05, 4.69) is 11.8 Å². The molecule has 0 unspecified atom stereocenters. The highest BCUT2D eigenvalue weighted by Crippen LogP contribution is 2.27. The summed E-state index contributed by atoms with van der Waals surface area (Å²) in [4.78, 5) is 16.8. The summed E-state index contributed by atoms with van der Waals surface area (Å²) in [6.07, 6.45) is 2.02. The number of benzene rings is 1. The van der Waals surface area contributed by atoms with E-state index in [9.17, 15) is 4.79 Å². The second-order valence-electron chi connectivity index (χ2n) is 5.18. The first-order valence-corrected chi connectivity index (χ1v) is 7.73. The number of nitrogens with zero attached hydrogens (tertiary/aromatic N) is 2. The molecule has 0 radical (unpaired) electrons. The van der Waals surface area contributed by atoms with E-state index in [0.717, 1.165) is 32.5 Å². The van der Waals surface area contributed by atoms with Gasteiger partial charge in [-0.2, -0.15) is 0 Å². The van der Waals surface area contributed by atoms with Crippen molar-refractivity contribution in [2.45, 2.75) is 25.8 Å². The fourth-order valence-electron chi connectivity index (χ4n) is 2.65. The molecule has 1 heterocycles. The molecule has 0 spiro atoms. The quantitative estimate of drug-likeness (QED) is 0.851. The minimum absolute atomic E-state index is 0.0487. The second-order valence-corrected chi connectivity index (χ2v) is 5.97. The summed E-state index contributed by atoms with van der Waals surface area (Å²) in [5, 5.41) is 0.767. The number of carbonyl (C=O) groups excluding carboxylic acids is 1. The van der Waals surface area contributed by atoms with Gasteiger partial charge in [0.15, 0.2) is 0 Å². The lowest BCUT2D eigenvalue weighted by atomic mass is 10.0. The van der Waals surface area contributed by atoms with Crippen LogP contribution in [-0.2, 0) is 0 Å². The van der Waals surface area contributed by atoms with E-state index in [-0.39, 0.29) is 11.9 Å². The molecule has 3 nitrogen and oxygen atoms in total. The Morgan fingerprint density at radius 3 is 2.60 bits per heavy atom. The summed E-state index contributed by atoms with van der Waals surface area (Å²) >= 11 is 12.1. The van der Waals surface area contributed by atoms with Crippen molar-refractivity contribution in [2.24, 2.45) is 0 Å². The molecule has 1 saturated heterocycles. The molecule has 1 aliphatic heterocycles. The van der Waals surface area contributed by atoms with Crippen molar-refractivity contribution in [2.75, 3.05) is 26.7 Å². The molecule has 0 aliphatic carbocycles. The molecule has 0 atom stereocenters. The van der Waals surface area contributed by atoms with Crippen LogP contribution in [0.15, 0.2) is 18.2 Å². The normalized spacial score (nSPS) is 17.2. The molecule has 2 rings (SSSR count). The SMILES string of the molecule is CCN1CCC(N(C)C(=O)c2cccc(Cl)c2Cl)CC1. The van der Waals surface area contributed by atoms with Crippen molar-refractivity contribution < 1.29 is 4.79 Å². The Morgan fingerprint density at radius 1 is 1.35 bits per heavy atom. The fraction of sp³-hybridized carbons (Fsp3) is 0.533. The third-order valence-corrected chi connectivity index (χ3v) is 4.87. The highest BCUT2D eigenvalue weighted by atomic mass is 35.5.